The quantitative estimate of drug-likeness (QED) is 0.724. The van der Waals surface area contributed by atoms with Gasteiger partial charge in [0.1, 0.15) is 6.04 Å². The van der Waals surface area contributed by atoms with Gasteiger partial charge in [-0.25, -0.2) is 0 Å². The van der Waals surface area contributed by atoms with Gasteiger partial charge in [-0.2, -0.15) is 0 Å². The summed E-state index contributed by atoms with van der Waals surface area (Å²) in [5, 5.41) is 3.82. The maximum Gasteiger partial charge on any atom is 0.242 e. The lowest BCUT2D eigenvalue weighted by atomic mass is 10.1. The van der Waals surface area contributed by atoms with Gasteiger partial charge in [0.15, 0.2) is 0 Å². The molecule has 1 unspecified atom stereocenters. The zero-order chi connectivity index (χ0) is 20.9. The molecule has 28 heavy (non-hydrogen) atoms. The van der Waals surface area contributed by atoms with Crippen LogP contribution in [-0.2, 0) is 22.6 Å². The fraction of sp³-hybridized carbons (Fsp3) is 0.364. The molecule has 0 aliphatic rings. The van der Waals surface area contributed by atoms with Gasteiger partial charge in [0.2, 0.25) is 11.8 Å². The molecule has 2 rings (SSSR count). The van der Waals surface area contributed by atoms with Crippen LogP contribution in [0.3, 0.4) is 0 Å². The van der Waals surface area contributed by atoms with Gasteiger partial charge in [-0.1, -0.05) is 59.6 Å². The second-order valence-electron chi connectivity index (χ2n) is 7.80. The number of nitrogens with one attached hydrogen (secondary N) is 1. The molecule has 0 fully saturated rings. The average Bonchev–Trinajstić information content (AvgIpc) is 2.61. The van der Waals surface area contributed by atoms with E-state index in [1.54, 1.807) is 30.0 Å². The van der Waals surface area contributed by atoms with Gasteiger partial charge >= 0.3 is 0 Å². The largest absolute Gasteiger partial charge is 0.350 e. The number of nitrogens with zero attached hydrogens (tertiary/aromatic N) is 1. The smallest absolute Gasteiger partial charge is 0.242 e. The van der Waals surface area contributed by atoms with E-state index in [-0.39, 0.29) is 18.2 Å². The molecule has 0 aliphatic carbocycles. The molecule has 0 saturated carbocycles. The Bertz CT molecular complexity index is 812. The van der Waals surface area contributed by atoms with E-state index in [0.717, 1.165) is 5.56 Å². The van der Waals surface area contributed by atoms with Crippen molar-refractivity contribution in [3.63, 3.8) is 0 Å². The van der Waals surface area contributed by atoms with E-state index < -0.39 is 11.6 Å². The molecule has 6 heteroatoms. The van der Waals surface area contributed by atoms with E-state index in [2.05, 4.69) is 5.32 Å². The minimum atomic E-state index is -0.645. The third kappa shape index (κ3) is 6.25. The molecule has 0 saturated heterocycles. The zero-order valence-electron chi connectivity index (χ0n) is 16.6. The molecule has 2 amide bonds. The second-order valence-corrected chi connectivity index (χ2v) is 8.61. The highest BCUT2D eigenvalue weighted by Gasteiger charge is 2.29. The van der Waals surface area contributed by atoms with Crippen LogP contribution in [0.15, 0.2) is 48.5 Å². The zero-order valence-corrected chi connectivity index (χ0v) is 18.1. The summed E-state index contributed by atoms with van der Waals surface area (Å²) in [4.78, 5) is 27.5. The average molecular weight is 421 g/mol. The van der Waals surface area contributed by atoms with Crippen molar-refractivity contribution < 1.29 is 9.59 Å². The number of halogens is 2. The third-order valence-electron chi connectivity index (χ3n) is 4.25. The minimum absolute atomic E-state index is 0.0263. The molecular weight excluding hydrogens is 395 g/mol. The maximum absolute atomic E-state index is 13.2. The van der Waals surface area contributed by atoms with Crippen molar-refractivity contribution in [2.45, 2.75) is 52.2 Å². The summed E-state index contributed by atoms with van der Waals surface area (Å²) >= 11 is 12.5. The van der Waals surface area contributed by atoms with Crippen LogP contribution >= 0.6 is 23.2 Å². The first-order chi connectivity index (χ1) is 13.1. The van der Waals surface area contributed by atoms with Crippen LogP contribution < -0.4 is 5.32 Å². The summed E-state index contributed by atoms with van der Waals surface area (Å²) in [6, 6.07) is 14.1. The highest BCUT2D eigenvalue weighted by Crippen LogP contribution is 2.26. The summed E-state index contributed by atoms with van der Waals surface area (Å²) in [5.41, 5.74) is 1.12. The molecule has 150 valence electrons. The molecule has 1 N–H and O–H groups in total. The van der Waals surface area contributed by atoms with Crippen LogP contribution in [0.25, 0.3) is 0 Å². The van der Waals surface area contributed by atoms with Crippen molar-refractivity contribution in [1.29, 1.82) is 0 Å². The summed E-state index contributed by atoms with van der Waals surface area (Å²) in [6.07, 6.45) is 0.0263. The third-order valence-corrected chi connectivity index (χ3v) is 4.96. The van der Waals surface area contributed by atoms with Crippen LogP contribution in [-0.4, -0.2) is 28.3 Å². The van der Waals surface area contributed by atoms with Gasteiger partial charge in [-0.15, -0.1) is 0 Å². The molecule has 2 aromatic carbocycles. The van der Waals surface area contributed by atoms with Gasteiger partial charge < -0.3 is 10.2 Å². The van der Waals surface area contributed by atoms with Crippen molar-refractivity contribution in [2.24, 2.45) is 0 Å². The van der Waals surface area contributed by atoms with Crippen LogP contribution in [0.1, 0.15) is 38.8 Å². The van der Waals surface area contributed by atoms with E-state index >= 15 is 0 Å². The fourth-order valence-corrected chi connectivity index (χ4v) is 3.32. The Labute approximate surface area is 176 Å². The molecule has 0 aromatic heterocycles. The van der Waals surface area contributed by atoms with E-state index in [1.807, 2.05) is 51.1 Å². The van der Waals surface area contributed by atoms with Crippen molar-refractivity contribution in [1.82, 2.24) is 10.2 Å². The molecule has 0 bridgehead atoms. The van der Waals surface area contributed by atoms with Gasteiger partial charge in [-0.3, -0.25) is 9.59 Å². The molecule has 2 aromatic rings. The van der Waals surface area contributed by atoms with E-state index in [4.69, 9.17) is 23.2 Å². The predicted molar refractivity (Wildman–Crippen MR) is 115 cm³/mol. The molecule has 4 nitrogen and oxygen atoms in total. The molecule has 0 radical (unpaired) electrons. The Kier molecular flexibility index (Phi) is 7.50. The number of rotatable bonds is 6. The lowest BCUT2D eigenvalue weighted by Crippen LogP contribution is -2.52. The van der Waals surface area contributed by atoms with Gasteiger partial charge in [0.25, 0.3) is 0 Å². The van der Waals surface area contributed by atoms with Gasteiger partial charge in [0.05, 0.1) is 6.42 Å². The number of benzene rings is 2. The molecule has 0 heterocycles. The van der Waals surface area contributed by atoms with Gasteiger partial charge in [-0.05, 0) is 51.0 Å². The SMILES string of the molecule is CC(C(=O)NC(C)(C)C)N(Cc1ccccc1)C(=O)Cc1c(Cl)cccc1Cl. The lowest BCUT2D eigenvalue weighted by Gasteiger charge is -2.31. The maximum atomic E-state index is 13.2. The normalized spacial score (nSPS) is 12.4. The van der Waals surface area contributed by atoms with Crippen molar-refractivity contribution in [3.05, 3.63) is 69.7 Å². The monoisotopic (exact) mass is 420 g/mol. The van der Waals surface area contributed by atoms with Crippen molar-refractivity contribution in [3.8, 4) is 0 Å². The fourth-order valence-electron chi connectivity index (χ4n) is 2.79. The molecular formula is C22H26Cl2N2O2. The number of carbonyl (C=O) groups excluding carboxylic acids is 2. The topological polar surface area (TPSA) is 49.4 Å². The second kappa shape index (κ2) is 9.44. The molecule has 1 atom stereocenters. The summed E-state index contributed by atoms with van der Waals surface area (Å²) in [5.74, 6) is -0.419. The van der Waals surface area contributed by atoms with Crippen molar-refractivity contribution in [2.75, 3.05) is 0 Å². The van der Waals surface area contributed by atoms with Crippen LogP contribution in [0.4, 0.5) is 0 Å². The standard InChI is InChI=1S/C22H26Cl2N2O2/c1-15(21(28)25-22(2,3)4)26(14-16-9-6-5-7-10-16)20(27)13-17-18(23)11-8-12-19(17)24/h5-12,15H,13-14H2,1-4H3,(H,25,28). The summed E-state index contributed by atoms with van der Waals surface area (Å²) in [6.45, 7) is 7.77. The Balaban J connectivity index is 2.29. The first-order valence-electron chi connectivity index (χ1n) is 9.17. The lowest BCUT2D eigenvalue weighted by molar-refractivity contribution is -0.140. The first-order valence-corrected chi connectivity index (χ1v) is 9.92. The molecule has 0 spiro atoms. The molecule has 0 aliphatic heterocycles. The Morgan fingerprint density at radius 3 is 2.11 bits per heavy atom. The Hall–Kier alpha value is -2.04. The number of hydrogen-bond donors (Lipinski definition) is 1. The van der Waals surface area contributed by atoms with Crippen LogP contribution in [0.5, 0.6) is 0 Å². The highest BCUT2D eigenvalue weighted by atomic mass is 35.5. The Morgan fingerprint density at radius 2 is 1.57 bits per heavy atom. The van der Waals surface area contributed by atoms with Crippen LogP contribution in [0.2, 0.25) is 10.0 Å². The number of amides is 2. The van der Waals surface area contributed by atoms with E-state index in [9.17, 15) is 9.59 Å². The Morgan fingerprint density at radius 1 is 1.00 bits per heavy atom. The minimum Gasteiger partial charge on any atom is -0.350 e. The van der Waals surface area contributed by atoms with E-state index in [1.165, 1.54) is 0 Å². The predicted octanol–water partition coefficient (Wildman–Crippen LogP) is 4.87. The first kappa shape index (κ1) is 22.3. The van der Waals surface area contributed by atoms with E-state index in [0.29, 0.717) is 22.2 Å². The summed E-state index contributed by atoms with van der Waals surface area (Å²) < 4.78 is 0. The summed E-state index contributed by atoms with van der Waals surface area (Å²) in [7, 11) is 0. The number of hydrogen-bond acceptors (Lipinski definition) is 2. The van der Waals surface area contributed by atoms with Crippen LogP contribution in [0, 0.1) is 0 Å². The highest BCUT2D eigenvalue weighted by molar-refractivity contribution is 6.36. The van der Waals surface area contributed by atoms with Gasteiger partial charge in [0, 0.05) is 22.1 Å². The number of carbonyl (C=O) groups is 2. The van der Waals surface area contributed by atoms with Crippen molar-refractivity contribution >= 4 is 35.0 Å².